The van der Waals surface area contributed by atoms with Gasteiger partial charge in [-0.3, -0.25) is 4.79 Å². The molecular formula is C11H18N6O5. The number of hydrogen-bond acceptors (Lipinski definition) is 7. The number of carboxylic acids is 1. The molecule has 0 fully saturated rings. The second-order valence-corrected chi connectivity index (χ2v) is 4.40. The average molecular weight is 314 g/mol. The van der Waals surface area contributed by atoms with Crippen molar-refractivity contribution in [2.75, 3.05) is 0 Å². The van der Waals surface area contributed by atoms with Crippen molar-refractivity contribution in [2.45, 2.75) is 44.9 Å². The van der Waals surface area contributed by atoms with E-state index >= 15 is 0 Å². The van der Waals surface area contributed by atoms with Gasteiger partial charge in [0.15, 0.2) is 6.23 Å². The van der Waals surface area contributed by atoms with Crippen LogP contribution >= 0.6 is 0 Å². The zero-order valence-electron chi connectivity index (χ0n) is 12.0. The summed E-state index contributed by atoms with van der Waals surface area (Å²) in [6, 6.07) is -1.73. The van der Waals surface area contributed by atoms with Crippen molar-refractivity contribution >= 4 is 18.5 Å². The van der Waals surface area contributed by atoms with E-state index in [0.29, 0.717) is 25.1 Å². The number of aromatic nitrogens is 4. The molecule has 0 aromatic carbocycles. The summed E-state index contributed by atoms with van der Waals surface area (Å²) >= 11 is 0. The van der Waals surface area contributed by atoms with E-state index in [9.17, 15) is 14.4 Å². The highest BCUT2D eigenvalue weighted by atomic mass is 16.5. The maximum absolute atomic E-state index is 11.7. The number of amides is 2. The Labute approximate surface area is 125 Å². The Balaban J connectivity index is 2.48. The van der Waals surface area contributed by atoms with E-state index in [-0.39, 0.29) is 12.9 Å². The van der Waals surface area contributed by atoms with Crippen LogP contribution in [0.2, 0.25) is 0 Å². The van der Waals surface area contributed by atoms with E-state index in [1.165, 1.54) is 0 Å². The molecule has 0 saturated carbocycles. The lowest BCUT2D eigenvalue weighted by molar-refractivity contribution is -0.139. The van der Waals surface area contributed by atoms with Gasteiger partial charge in [0.1, 0.15) is 11.9 Å². The van der Waals surface area contributed by atoms with Gasteiger partial charge in [0.2, 0.25) is 0 Å². The zero-order valence-corrected chi connectivity index (χ0v) is 12.0. The first kappa shape index (κ1) is 17.3. The second-order valence-electron chi connectivity index (χ2n) is 4.40. The molecule has 1 heterocycles. The molecule has 0 saturated heterocycles. The number of carboxylic acid groups (broad SMARTS) is 1. The molecule has 0 aliphatic heterocycles. The standard InChI is InChI=1S/C11H18N6O5/c1-2-3-7(10(19)20)12-11(21)13-9(22-6-18)5-4-8-14-16-17-15-8/h6-7,9H,2-5H2,1H3,(H,19,20)(H2,12,13,21)(H,14,15,16,17)/t7-,9+/m0/s1. The predicted octanol–water partition coefficient (Wildman–Crippen LogP) is -0.816. The molecule has 22 heavy (non-hydrogen) atoms. The third-order valence-corrected chi connectivity index (χ3v) is 2.73. The van der Waals surface area contributed by atoms with Gasteiger partial charge in [-0.25, -0.2) is 14.7 Å². The van der Waals surface area contributed by atoms with Crippen molar-refractivity contribution in [2.24, 2.45) is 0 Å². The summed E-state index contributed by atoms with van der Waals surface area (Å²) in [6.45, 7) is 2.00. The van der Waals surface area contributed by atoms with Crippen LogP contribution in [0.1, 0.15) is 32.0 Å². The number of rotatable bonds is 10. The van der Waals surface area contributed by atoms with Crippen molar-refractivity contribution in [1.29, 1.82) is 0 Å². The van der Waals surface area contributed by atoms with Crippen LogP contribution in [0.15, 0.2) is 0 Å². The Hall–Kier alpha value is -2.72. The Morgan fingerprint density at radius 1 is 1.41 bits per heavy atom. The van der Waals surface area contributed by atoms with Crippen LogP contribution in [0.5, 0.6) is 0 Å². The number of tetrazole rings is 1. The molecule has 0 aliphatic carbocycles. The summed E-state index contributed by atoms with van der Waals surface area (Å²) in [5, 5.41) is 26.6. The predicted molar refractivity (Wildman–Crippen MR) is 71.4 cm³/mol. The average Bonchev–Trinajstić information content (AvgIpc) is 2.97. The fourth-order valence-electron chi connectivity index (χ4n) is 1.69. The lowest BCUT2D eigenvalue weighted by Gasteiger charge is -2.19. The van der Waals surface area contributed by atoms with Gasteiger partial charge in [-0.15, -0.1) is 5.10 Å². The minimum atomic E-state index is -1.13. The Bertz CT molecular complexity index is 479. The highest BCUT2D eigenvalue weighted by Crippen LogP contribution is 2.01. The molecule has 1 aromatic rings. The van der Waals surface area contributed by atoms with Crippen LogP contribution in [0, 0.1) is 0 Å². The molecule has 4 N–H and O–H groups in total. The number of nitrogens with one attached hydrogen (secondary N) is 3. The van der Waals surface area contributed by atoms with Crippen LogP contribution in [-0.2, 0) is 20.7 Å². The van der Waals surface area contributed by atoms with Crippen molar-refractivity contribution in [3.05, 3.63) is 5.82 Å². The second kappa shape index (κ2) is 9.26. The molecule has 0 radical (unpaired) electrons. The van der Waals surface area contributed by atoms with Gasteiger partial charge in [0.05, 0.1) is 0 Å². The summed E-state index contributed by atoms with van der Waals surface area (Å²) in [7, 11) is 0. The van der Waals surface area contributed by atoms with Crippen LogP contribution in [0.4, 0.5) is 4.79 Å². The van der Waals surface area contributed by atoms with Crippen LogP contribution in [0.3, 0.4) is 0 Å². The quantitative estimate of drug-likeness (QED) is 0.322. The molecule has 11 heteroatoms. The van der Waals surface area contributed by atoms with Crippen molar-refractivity contribution in [3.8, 4) is 0 Å². The third-order valence-electron chi connectivity index (χ3n) is 2.73. The fourth-order valence-corrected chi connectivity index (χ4v) is 1.69. The van der Waals surface area contributed by atoms with Gasteiger partial charge in [-0.05, 0) is 16.8 Å². The summed E-state index contributed by atoms with van der Waals surface area (Å²) in [4.78, 5) is 33.2. The number of aromatic amines is 1. The number of nitrogens with zero attached hydrogens (tertiary/aromatic N) is 3. The Morgan fingerprint density at radius 3 is 2.73 bits per heavy atom. The third kappa shape index (κ3) is 6.15. The van der Waals surface area contributed by atoms with E-state index in [1.54, 1.807) is 6.92 Å². The molecule has 2 amide bonds. The Kier molecular flexibility index (Phi) is 7.29. The van der Waals surface area contributed by atoms with Crippen LogP contribution in [0.25, 0.3) is 0 Å². The molecular weight excluding hydrogens is 296 g/mol. The number of ether oxygens (including phenoxy) is 1. The minimum Gasteiger partial charge on any atom is -0.480 e. The van der Waals surface area contributed by atoms with E-state index in [4.69, 9.17) is 9.84 Å². The number of hydrogen-bond donors (Lipinski definition) is 4. The fraction of sp³-hybridized carbons (Fsp3) is 0.636. The van der Waals surface area contributed by atoms with Gasteiger partial charge in [-0.2, -0.15) is 0 Å². The number of H-pyrrole nitrogens is 1. The van der Waals surface area contributed by atoms with Crippen LogP contribution < -0.4 is 10.6 Å². The first-order chi connectivity index (χ1) is 10.6. The SMILES string of the molecule is CCC[C@H](NC(=O)N[C@@H](CCc1nnn[nH]1)OC=O)C(=O)O. The summed E-state index contributed by atoms with van der Waals surface area (Å²) in [5.41, 5.74) is 0. The molecule has 0 unspecified atom stereocenters. The lowest BCUT2D eigenvalue weighted by Crippen LogP contribution is -2.49. The number of carbonyl (C=O) groups is 3. The Morgan fingerprint density at radius 2 is 2.18 bits per heavy atom. The first-order valence-electron chi connectivity index (χ1n) is 6.68. The summed E-state index contributed by atoms with van der Waals surface area (Å²) in [5.74, 6) is -0.659. The summed E-state index contributed by atoms with van der Waals surface area (Å²) in [6.07, 6.45) is 0.548. The number of urea groups is 1. The minimum absolute atomic E-state index is 0.199. The largest absolute Gasteiger partial charge is 0.480 e. The van der Waals surface area contributed by atoms with Crippen molar-refractivity contribution in [3.63, 3.8) is 0 Å². The molecule has 11 nitrogen and oxygen atoms in total. The van der Waals surface area contributed by atoms with E-state index in [0.717, 1.165) is 0 Å². The topological polar surface area (TPSA) is 159 Å². The summed E-state index contributed by atoms with van der Waals surface area (Å²) < 4.78 is 4.73. The number of aryl methyl sites for hydroxylation is 1. The highest BCUT2D eigenvalue weighted by Gasteiger charge is 2.21. The normalized spacial score (nSPS) is 13.0. The zero-order chi connectivity index (χ0) is 16.4. The molecule has 1 aromatic heterocycles. The maximum atomic E-state index is 11.7. The van der Waals surface area contributed by atoms with E-state index in [2.05, 4.69) is 31.3 Å². The first-order valence-corrected chi connectivity index (χ1v) is 6.68. The molecule has 0 aliphatic rings. The van der Waals surface area contributed by atoms with Gasteiger partial charge >= 0.3 is 12.0 Å². The molecule has 122 valence electrons. The van der Waals surface area contributed by atoms with Gasteiger partial charge in [0.25, 0.3) is 6.47 Å². The molecule has 2 atom stereocenters. The van der Waals surface area contributed by atoms with Gasteiger partial charge < -0.3 is 20.5 Å². The highest BCUT2D eigenvalue weighted by molar-refractivity contribution is 5.82. The van der Waals surface area contributed by atoms with Crippen molar-refractivity contribution in [1.82, 2.24) is 31.3 Å². The molecule has 0 bridgehead atoms. The van der Waals surface area contributed by atoms with Gasteiger partial charge in [-0.1, -0.05) is 13.3 Å². The van der Waals surface area contributed by atoms with E-state index in [1.807, 2.05) is 0 Å². The maximum Gasteiger partial charge on any atom is 0.326 e. The van der Waals surface area contributed by atoms with Crippen LogP contribution in [-0.4, -0.2) is 56.5 Å². The van der Waals surface area contributed by atoms with Crippen molar-refractivity contribution < 1.29 is 24.2 Å². The number of carbonyl (C=O) groups excluding carboxylic acids is 2. The lowest BCUT2D eigenvalue weighted by atomic mass is 10.2. The molecule has 1 rings (SSSR count). The van der Waals surface area contributed by atoms with Gasteiger partial charge in [0, 0.05) is 12.8 Å². The number of aliphatic carboxylic acids is 1. The monoisotopic (exact) mass is 314 g/mol. The molecule has 0 spiro atoms. The smallest absolute Gasteiger partial charge is 0.326 e. The van der Waals surface area contributed by atoms with E-state index < -0.39 is 24.3 Å².